The van der Waals surface area contributed by atoms with E-state index < -0.39 is 0 Å². The Labute approximate surface area is 130 Å². The van der Waals surface area contributed by atoms with E-state index in [9.17, 15) is 0 Å². The first-order valence-corrected chi connectivity index (χ1v) is 7.60. The molecular weight excluding hydrogens is 289 g/mol. The van der Waals surface area contributed by atoms with Gasteiger partial charge in [0.2, 0.25) is 0 Å². The maximum Gasteiger partial charge on any atom is 0.0453 e. The van der Waals surface area contributed by atoms with Gasteiger partial charge in [-0.05, 0) is 43.1 Å². The van der Waals surface area contributed by atoms with Crippen molar-refractivity contribution in [1.29, 1.82) is 0 Å². The lowest BCUT2D eigenvalue weighted by atomic mass is 9.98. The van der Waals surface area contributed by atoms with Gasteiger partial charge in [0.25, 0.3) is 0 Å². The molecule has 1 atom stereocenters. The molecule has 2 aromatic rings. The van der Waals surface area contributed by atoms with Crippen LogP contribution in [0.1, 0.15) is 29.7 Å². The van der Waals surface area contributed by atoms with E-state index in [2.05, 4.69) is 43.4 Å². The van der Waals surface area contributed by atoms with Crippen molar-refractivity contribution in [2.75, 3.05) is 6.54 Å². The topological polar surface area (TPSA) is 12.0 Å². The highest BCUT2D eigenvalue weighted by Crippen LogP contribution is 2.29. The van der Waals surface area contributed by atoms with Crippen LogP contribution in [0.5, 0.6) is 0 Å². The molecule has 106 valence electrons. The van der Waals surface area contributed by atoms with Gasteiger partial charge in [0.05, 0.1) is 0 Å². The summed E-state index contributed by atoms with van der Waals surface area (Å²) < 4.78 is 0. The zero-order valence-electron chi connectivity index (χ0n) is 11.8. The Morgan fingerprint density at radius 2 is 1.60 bits per heavy atom. The van der Waals surface area contributed by atoms with E-state index in [1.54, 1.807) is 0 Å². The Morgan fingerprint density at radius 3 is 2.15 bits per heavy atom. The lowest BCUT2D eigenvalue weighted by Crippen LogP contribution is -2.23. The van der Waals surface area contributed by atoms with Gasteiger partial charge in [0, 0.05) is 16.1 Å². The van der Waals surface area contributed by atoms with Crippen molar-refractivity contribution in [3.63, 3.8) is 0 Å². The van der Waals surface area contributed by atoms with E-state index in [4.69, 9.17) is 23.2 Å². The molecule has 0 saturated heterocycles. The standard InChI is InChI=1S/C17H19Cl2N/c1-3-20-17(13-9-7-12(2)8-10-13)11-14-15(18)5-4-6-16(14)19/h4-10,17,20H,3,11H2,1-2H3. The minimum absolute atomic E-state index is 0.220. The highest BCUT2D eigenvalue weighted by Gasteiger charge is 2.15. The van der Waals surface area contributed by atoms with E-state index >= 15 is 0 Å². The molecule has 3 heteroatoms. The summed E-state index contributed by atoms with van der Waals surface area (Å²) in [5.74, 6) is 0. The second-order valence-electron chi connectivity index (χ2n) is 4.93. The third-order valence-electron chi connectivity index (χ3n) is 3.40. The first-order valence-electron chi connectivity index (χ1n) is 6.84. The molecule has 0 aromatic heterocycles. The van der Waals surface area contributed by atoms with E-state index in [1.807, 2.05) is 18.2 Å². The summed E-state index contributed by atoms with van der Waals surface area (Å²) in [4.78, 5) is 0. The van der Waals surface area contributed by atoms with Gasteiger partial charge >= 0.3 is 0 Å². The van der Waals surface area contributed by atoms with Gasteiger partial charge < -0.3 is 5.32 Å². The molecule has 0 saturated carbocycles. The van der Waals surface area contributed by atoms with Crippen LogP contribution in [0.25, 0.3) is 0 Å². The largest absolute Gasteiger partial charge is 0.310 e. The molecule has 1 N–H and O–H groups in total. The lowest BCUT2D eigenvalue weighted by Gasteiger charge is -2.20. The fourth-order valence-corrected chi connectivity index (χ4v) is 2.84. The maximum absolute atomic E-state index is 6.27. The number of nitrogens with one attached hydrogen (secondary N) is 1. The zero-order chi connectivity index (χ0) is 14.5. The second-order valence-corrected chi connectivity index (χ2v) is 5.74. The average Bonchev–Trinajstić information content (AvgIpc) is 2.43. The molecule has 20 heavy (non-hydrogen) atoms. The van der Waals surface area contributed by atoms with Crippen molar-refractivity contribution in [2.45, 2.75) is 26.3 Å². The predicted octanol–water partition coefficient (Wildman–Crippen LogP) is 5.20. The Balaban J connectivity index is 2.28. The molecule has 0 fully saturated rings. The van der Waals surface area contributed by atoms with Crippen LogP contribution < -0.4 is 5.32 Å². The van der Waals surface area contributed by atoms with E-state index in [0.717, 1.165) is 28.6 Å². The van der Waals surface area contributed by atoms with Gasteiger partial charge in [-0.25, -0.2) is 0 Å². The minimum Gasteiger partial charge on any atom is -0.310 e. The first-order chi connectivity index (χ1) is 9.61. The van der Waals surface area contributed by atoms with Crippen molar-refractivity contribution in [2.24, 2.45) is 0 Å². The van der Waals surface area contributed by atoms with Gasteiger partial charge in [-0.2, -0.15) is 0 Å². The highest BCUT2D eigenvalue weighted by atomic mass is 35.5. The van der Waals surface area contributed by atoms with Crippen molar-refractivity contribution in [1.82, 2.24) is 5.32 Å². The van der Waals surface area contributed by atoms with Gasteiger partial charge in [-0.3, -0.25) is 0 Å². The molecule has 0 aliphatic rings. The van der Waals surface area contributed by atoms with Crippen LogP contribution in [0, 0.1) is 6.92 Å². The van der Waals surface area contributed by atoms with E-state index in [1.165, 1.54) is 11.1 Å². The Bertz CT molecular complexity index is 543. The number of aryl methyl sites for hydroxylation is 1. The molecule has 0 aliphatic carbocycles. The van der Waals surface area contributed by atoms with Crippen molar-refractivity contribution in [3.8, 4) is 0 Å². The Hall–Kier alpha value is -1.02. The van der Waals surface area contributed by atoms with Crippen LogP contribution >= 0.6 is 23.2 Å². The lowest BCUT2D eigenvalue weighted by molar-refractivity contribution is 0.550. The smallest absolute Gasteiger partial charge is 0.0453 e. The summed E-state index contributed by atoms with van der Waals surface area (Å²) in [5, 5.41) is 4.96. The quantitative estimate of drug-likeness (QED) is 0.801. The molecule has 1 nitrogen and oxygen atoms in total. The highest BCUT2D eigenvalue weighted by molar-refractivity contribution is 6.36. The number of likely N-dealkylation sites (N-methyl/N-ethyl adjacent to an activating group) is 1. The first kappa shape index (κ1) is 15.4. The maximum atomic E-state index is 6.27. The molecule has 0 radical (unpaired) electrons. The molecule has 0 bridgehead atoms. The fraction of sp³-hybridized carbons (Fsp3) is 0.294. The molecular formula is C17H19Cl2N. The predicted molar refractivity (Wildman–Crippen MR) is 87.8 cm³/mol. The molecule has 2 rings (SSSR count). The Morgan fingerprint density at radius 1 is 1.00 bits per heavy atom. The summed E-state index contributed by atoms with van der Waals surface area (Å²) in [7, 11) is 0. The molecule has 2 aromatic carbocycles. The van der Waals surface area contributed by atoms with Crippen LogP contribution in [0.4, 0.5) is 0 Å². The summed E-state index contributed by atoms with van der Waals surface area (Å²) in [6.07, 6.45) is 0.787. The number of hydrogen-bond acceptors (Lipinski definition) is 1. The van der Waals surface area contributed by atoms with E-state index in [-0.39, 0.29) is 6.04 Å². The van der Waals surface area contributed by atoms with Crippen molar-refractivity contribution in [3.05, 3.63) is 69.2 Å². The third kappa shape index (κ3) is 3.76. The van der Waals surface area contributed by atoms with Crippen LogP contribution in [-0.2, 0) is 6.42 Å². The summed E-state index contributed by atoms with van der Waals surface area (Å²) in [6, 6.07) is 14.5. The molecule has 0 aliphatic heterocycles. The minimum atomic E-state index is 0.220. The second kappa shape index (κ2) is 7.12. The summed E-state index contributed by atoms with van der Waals surface area (Å²) in [5.41, 5.74) is 3.52. The van der Waals surface area contributed by atoms with Crippen molar-refractivity contribution < 1.29 is 0 Å². The van der Waals surface area contributed by atoms with Crippen LogP contribution in [0.2, 0.25) is 10.0 Å². The molecule has 1 unspecified atom stereocenters. The zero-order valence-corrected chi connectivity index (χ0v) is 13.3. The summed E-state index contributed by atoms with van der Waals surface area (Å²) in [6.45, 7) is 5.10. The van der Waals surface area contributed by atoms with Gasteiger partial charge in [0.1, 0.15) is 0 Å². The average molecular weight is 308 g/mol. The van der Waals surface area contributed by atoms with Crippen LogP contribution in [-0.4, -0.2) is 6.54 Å². The van der Waals surface area contributed by atoms with Crippen LogP contribution in [0.15, 0.2) is 42.5 Å². The van der Waals surface area contributed by atoms with Gasteiger partial charge in [0.15, 0.2) is 0 Å². The SMILES string of the molecule is CCNC(Cc1c(Cl)cccc1Cl)c1ccc(C)cc1. The number of halogens is 2. The van der Waals surface area contributed by atoms with Gasteiger partial charge in [-0.15, -0.1) is 0 Å². The number of benzene rings is 2. The Kier molecular flexibility index (Phi) is 5.47. The number of rotatable bonds is 5. The van der Waals surface area contributed by atoms with E-state index in [0.29, 0.717) is 0 Å². The normalized spacial score (nSPS) is 12.4. The molecule has 0 spiro atoms. The van der Waals surface area contributed by atoms with Crippen LogP contribution in [0.3, 0.4) is 0 Å². The monoisotopic (exact) mass is 307 g/mol. The van der Waals surface area contributed by atoms with Crippen molar-refractivity contribution >= 4 is 23.2 Å². The fourth-order valence-electron chi connectivity index (χ4n) is 2.28. The van der Waals surface area contributed by atoms with Gasteiger partial charge in [-0.1, -0.05) is 66.0 Å². The summed E-state index contributed by atoms with van der Waals surface area (Å²) >= 11 is 12.5. The molecule has 0 amide bonds. The molecule has 0 heterocycles. The number of hydrogen-bond donors (Lipinski definition) is 1. The third-order valence-corrected chi connectivity index (χ3v) is 4.11.